The summed E-state index contributed by atoms with van der Waals surface area (Å²) in [6.07, 6.45) is -0.0277. The second-order valence-electron chi connectivity index (χ2n) is 5.17. The number of hydrogen-bond donors (Lipinski definition) is 2. The van der Waals surface area contributed by atoms with Gasteiger partial charge in [0.15, 0.2) is 17.5 Å². The molecule has 0 spiro atoms. The smallest absolute Gasteiger partial charge is 0.251 e. The highest BCUT2D eigenvalue weighted by Gasteiger charge is 2.14. The summed E-state index contributed by atoms with van der Waals surface area (Å²) in [6, 6.07) is 6.74. The van der Waals surface area contributed by atoms with Gasteiger partial charge in [0.1, 0.15) is 5.82 Å². The van der Waals surface area contributed by atoms with E-state index in [1.54, 1.807) is 6.07 Å². The molecule has 0 fully saturated rings. The number of halogens is 4. The van der Waals surface area contributed by atoms with E-state index in [-0.39, 0.29) is 31.0 Å². The van der Waals surface area contributed by atoms with Crippen LogP contribution in [0.3, 0.4) is 0 Å². The molecule has 132 valence electrons. The Labute approximate surface area is 140 Å². The molecule has 2 rings (SSSR count). The number of benzene rings is 2. The van der Waals surface area contributed by atoms with Gasteiger partial charge in [-0.25, -0.2) is 17.6 Å². The Kier molecular flexibility index (Phi) is 6.10. The van der Waals surface area contributed by atoms with Crippen molar-refractivity contribution < 1.29 is 27.2 Å². The normalized spacial score (nSPS) is 10.4. The molecule has 0 aliphatic rings. The zero-order valence-corrected chi connectivity index (χ0v) is 12.9. The molecular weight excluding hydrogens is 340 g/mol. The SMILES string of the molecule is O=C(Cc1cccc(F)c1)NCCNC(=O)c1cc(F)c(F)c(F)c1. The molecular formula is C17H14F4N2O2. The van der Waals surface area contributed by atoms with Gasteiger partial charge in [-0.1, -0.05) is 12.1 Å². The standard InChI is InChI=1S/C17H14F4N2O2/c18-12-3-1-2-10(6-12)7-15(24)22-4-5-23-17(25)11-8-13(19)16(21)14(20)9-11/h1-3,6,8-9H,4-5,7H2,(H,22,24)(H,23,25). The van der Waals surface area contributed by atoms with Crippen molar-refractivity contribution in [1.29, 1.82) is 0 Å². The lowest BCUT2D eigenvalue weighted by atomic mass is 10.1. The second kappa shape index (κ2) is 8.27. The highest BCUT2D eigenvalue weighted by molar-refractivity contribution is 5.94. The lowest BCUT2D eigenvalue weighted by Crippen LogP contribution is -2.35. The summed E-state index contributed by atoms with van der Waals surface area (Å²) in [5, 5.41) is 4.84. The van der Waals surface area contributed by atoms with Crippen LogP contribution in [0, 0.1) is 23.3 Å². The van der Waals surface area contributed by atoms with Crippen molar-refractivity contribution in [3.05, 3.63) is 70.8 Å². The first-order valence-electron chi connectivity index (χ1n) is 7.30. The number of nitrogens with one attached hydrogen (secondary N) is 2. The van der Waals surface area contributed by atoms with Crippen LogP contribution in [0.25, 0.3) is 0 Å². The van der Waals surface area contributed by atoms with E-state index in [0.717, 1.165) is 0 Å². The van der Waals surface area contributed by atoms with E-state index in [1.807, 2.05) is 0 Å². The summed E-state index contributed by atoms with van der Waals surface area (Å²) in [7, 11) is 0. The highest BCUT2D eigenvalue weighted by atomic mass is 19.2. The van der Waals surface area contributed by atoms with E-state index in [2.05, 4.69) is 10.6 Å². The Morgan fingerprint density at radius 1 is 0.880 bits per heavy atom. The molecule has 4 nitrogen and oxygen atoms in total. The van der Waals surface area contributed by atoms with Gasteiger partial charge in [-0.3, -0.25) is 9.59 Å². The fourth-order valence-corrected chi connectivity index (χ4v) is 2.06. The Hall–Kier alpha value is -2.90. The molecule has 0 unspecified atom stereocenters. The third kappa shape index (κ3) is 5.30. The van der Waals surface area contributed by atoms with Crippen molar-refractivity contribution in [3.63, 3.8) is 0 Å². The van der Waals surface area contributed by atoms with E-state index in [9.17, 15) is 27.2 Å². The van der Waals surface area contributed by atoms with Crippen LogP contribution in [0.5, 0.6) is 0 Å². The van der Waals surface area contributed by atoms with Crippen LogP contribution in [0.2, 0.25) is 0 Å². The Balaban J connectivity index is 1.77. The number of hydrogen-bond acceptors (Lipinski definition) is 2. The third-order valence-corrected chi connectivity index (χ3v) is 3.23. The van der Waals surface area contributed by atoms with Gasteiger partial charge >= 0.3 is 0 Å². The van der Waals surface area contributed by atoms with Crippen molar-refractivity contribution in [2.45, 2.75) is 6.42 Å². The Morgan fingerprint density at radius 2 is 1.52 bits per heavy atom. The topological polar surface area (TPSA) is 58.2 Å². The van der Waals surface area contributed by atoms with Crippen LogP contribution >= 0.6 is 0 Å². The minimum Gasteiger partial charge on any atom is -0.354 e. The maximum Gasteiger partial charge on any atom is 0.251 e. The summed E-state index contributed by atoms with van der Waals surface area (Å²) < 4.78 is 51.9. The Bertz CT molecular complexity index is 773. The zero-order chi connectivity index (χ0) is 18.4. The van der Waals surface area contributed by atoms with Crippen molar-refractivity contribution in [3.8, 4) is 0 Å². The van der Waals surface area contributed by atoms with Gasteiger partial charge in [0.2, 0.25) is 5.91 Å². The first-order valence-corrected chi connectivity index (χ1v) is 7.30. The van der Waals surface area contributed by atoms with Crippen LogP contribution in [-0.4, -0.2) is 24.9 Å². The van der Waals surface area contributed by atoms with Crippen LogP contribution in [0.15, 0.2) is 36.4 Å². The average molecular weight is 354 g/mol. The quantitative estimate of drug-likeness (QED) is 0.475. The number of carbonyl (C=O) groups excluding carboxylic acids is 2. The molecule has 0 saturated carbocycles. The molecule has 2 aromatic carbocycles. The molecule has 0 aromatic heterocycles. The van der Waals surface area contributed by atoms with Gasteiger partial charge in [0.25, 0.3) is 5.91 Å². The fraction of sp³-hybridized carbons (Fsp3) is 0.176. The molecule has 0 heterocycles. The minimum atomic E-state index is -1.65. The highest BCUT2D eigenvalue weighted by Crippen LogP contribution is 2.13. The fourth-order valence-electron chi connectivity index (χ4n) is 2.06. The third-order valence-electron chi connectivity index (χ3n) is 3.23. The average Bonchev–Trinajstić information content (AvgIpc) is 2.56. The van der Waals surface area contributed by atoms with E-state index >= 15 is 0 Å². The minimum absolute atomic E-state index is 0.00562. The van der Waals surface area contributed by atoms with Crippen LogP contribution < -0.4 is 10.6 Å². The molecule has 25 heavy (non-hydrogen) atoms. The molecule has 0 aliphatic heterocycles. The van der Waals surface area contributed by atoms with Gasteiger partial charge in [0, 0.05) is 18.7 Å². The summed E-state index contributed by atoms with van der Waals surface area (Å²) in [5.74, 6) is -6.21. The molecule has 0 radical (unpaired) electrons. The molecule has 0 atom stereocenters. The lowest BCUT2D eigenvalue weighted by Gasteiger charge is -2.08. The van der Waals surface area contributed by atoms with E-state index in [4.69, 9.17) is 0 Å². The van der Waals surface area contributed by atoms with E-state index in [0.29, 0.717) is 17.7 Å². The monoisotopic (exact) mass is 354 g/mol. The first kappa shape index (κ1) is 18.4. The van der Waals surface area contributed by atoms with Gasteiger partial charge in [0.05, 0.1) is 6.42 Å². The van der Waals surface area contributed by atoms with Gasteiger partial charge in [-0.2, -0.15) is 0 Å². The van der Waals surface area contributed by atoms with Crippen molar-refractivity contribution >= 4 is 11.8 Å². The molecule has 8 heteroatoms. The van der Waals surface area contributed by atoms with Crippen molar-refractivity contribution in [2.75, 3.05) is 13.1 Å². The molecule has 2 N–H and O–H groups in total. The lowest BCUT2D eigenvalue weighted by molar-refractivity contribution is -0.120. The maximum atomic E-state index is 13.1. The van der Waals surface area contributed by atoms with Crippen LogP contribution in [-0.2, 0) is 11.2 Å². The van der Waals surface area contributed by atoms with Gasteiger partial charge < -0.3 is 10.6 Å². The van der Waals surface area contributed by atoms with Crippen molar-refractivity contribution in [2.24, 2.45) is 0 Å². The second-order valence-corrected chi connectivity index (χ2v) is 5.17. The molecule has 2 amide bonds. The van der Waals surface area contributed by atoms with Gasteiger partial charge in [-0.05, 0) is 29.8 Å². The summed E-state index contributed by atoms with van der Waals surface area (Å²) in [6.45, 7) is 0.0559. The predicted molar refractivity (Wildman–Crippen MR) is 81.8 cm³/mol. The number of carbonyl (C=O) groups is 2. The summed E-state index contributed by atoms with van der Waals surface area (Å²) >= 11 is 0. The maximum absolute atomic E-state index is 13.1. The van der Waals surface area contributed by atoms with Crippen LogP contribution in [0.1, 0.15) is 15.9 Å². The first-order chi connectivity index (χ1) is 11.9. The largest absolute Gasteiger partial charge is 0.354 e. The Morgan fingerprint density at radius 3 is 2.16 bits per heavy atom. The molecule has 0 bridgehead atoms. The molecule has 2 aromatic rings. The van der Waals surface area contributed by atoms with E-state index in [1.165, 1.54) is 18.2 Å². The van der Waals surface area contributed by atoms with Crippen molar-refractivity contribution in [1.82, 2.24) is 10.6 Å². The van der Waals surface area contributed by atoms with E-state index < -0.39 is 29.2 Å². The number of amides is 2. The predicted octanol–water partition coefficient (Wildman–Crippen LogP) is 2.33. The van der Waals surface area contributed by atoms with Crippen LogP contribution in [0.4, 0.5) is 17.6 Å². The number of rotatable bonds is 6. The zero-order valence-electron chi connectivity index (χ0n) is 12.9. The molecule has 0 saturated heterocycles. The molecule has 0 aliphatic carbocycles. The summed E-state index contributed by atoms with van der Waals surface area (Å²) in [4.78, 5) is 23.4. The summed E-state index contributed by atoms with van der Waals surface area (Å²) in [5.41, 5.74) is 0.126. The van der Waals surface area contributed by atoms with Gasteiger partial charge in [-0.15, -0.1) is 0 Å².